The summed E-state index contributed by atoms with van der Waals surface area (Å²) in [6.07, 6.45) is 0.0756. The highest BCUT2D eigenvalue weighted by Gasteiger charge is 2.55. The quantitative estimate of drug-likeness (QED) is 0.453. The average Bonchev–Trinajstić information content (AvgIpc) is 3.53. The van der Waals surface area contributed by atoms with Crippen LogP contribution in [0.4, 0.5) is 5.69 Å². The molecule has 11 heteroatoms. The largest absolute Gasteiger partial charge is 0.494 e. The van der Waals surface area contributed by atoms with Gasteiger partial charge in [0.25, 0.3) is 11.8 Å². The number of imide groups is 1. The zero-order chi connectivity index (χ0) is 24.5. The van der Waals surface area contributed by atoms with E-state index in [1.54, 1.807) is 24.3 Å². The third-order valence-corrected chi connectivity index (χ3v) is 5.51. The van der Waals surface area contributed by atoms with Crippen LogP contribution in [0.2, 0.25) is 0 Å². The molecule has 1 fully saturated rings. The number of fused-ring (bicyclic) bond motifs is 1. The van der Waals surface area contributed by atoms with Gasteiger partial charge in [-0.3, -0.25) is 14.6 Å². The Balaban J connectivity index is 1.29. The van der Waals surface area contributed by atoms with Crippen molar-refractivity contribution in [2.24, 2.45) is 10.3 Å². The fourth-order valence-electron chi connectivity index (χ4n) is 4.00. The fraction of sp³-hybridized carbons (Fsp3) is 0.333. The number of hydrogen-bond donors (Lipinski definition) is 0. The molecule has 3 heterocycles. The van der Waals surface area contributed by atoms with Gasteiger partial charge < -0.3 is 14.0 Å². The van der Waals surface area contributed by atoms with Crippen molar-refractivity contribution in [2.45, 2.75) is 45.5 Å². The maximum Gasteiger partial charge on any atom is 0.263 e. The van der Waals surface area contributed by atoms with Gasteiger partial charge in [0.2, 0.25) is 11.7 Å². The van der Waals surface area contributed by atoms with Gasteiger partial charge in [0, 0.05) is 5.56 Å². The molecule has 1 saturated heterocycles. The van der Waals surface area contributed by atoms with Crippen LogP contribution < -0.4 is 14.4 Å². The molecule has 0 spiro atoms. The van der Waals surface area contributed by atoms with Crippen LogP contribution in [0.3, 0.4) is 0 Å². The molecule has 5 rings (SSSR count). The molecule has 2 atom stereocenters. The summed E-state index contributed by atoms with van der Waals surface area (Å²) in [6.45, 7) is 6.37. The van der Waals surface area contributed by atoms with Crippen molar-refractivity contribution in [3.05, 3.63) is 54.4 Å². The first-order valence-electron chi connectivity index (χ1n) is 11.3. The highest BCUT2D eigenvalue weighted by atomic mass is 16.5. The Morgan fingerprint density at radius 2 is 1.71 bits per heavy atom. The molecule has 0 bridgehead atoms. The Morgan fingerprint density at radius 1 is 1.00 bits per heavy atom. The number of aromatic nitrogens is 2. The number of benzene rings is 2. The molecule has 11 nitrogen and oxygen atoms in total. The number of carbonyl (C=O) groups is 2. The van der Waals surface area contributed by atoms with Gasteiger partial charge in [0.15, 0.2) is 12.1 Å². The summed E-state index contributed by atoms with van der Waals surface area (Å²) < 4.78 is 16.5. The van der Waals surface area contributed by atoms with E-state index in [0.29, 0.717) is 23.9 Å². The minimum atomic E-state index is -0.912. The van der Waals surface area contributed by atoms with E-state index in [1.165, 1.54) is 5.01 Å². The number of anilines is 1. The number of ether oxygens (including phenoxy) is 2. The number of rotatable bonds is 8. The van der Waals surface area contributed by atoms with E-state index in [-0.39, 0.29) is 18.5 Å². The second-order valence-electron chi connectivity index (χ2n) is 8.33. The van der Waals surface area contributed by atoms with Crippen molar-refractivity contribution < 1.29 is 23.6 Å². The van der Waals surface area contributed by atoms with Gasteiger partial charge in [-0.25, -0.2) is 4.90 Å². The summed E-state index contributed by atoms with van der Waals surface area (Å²) in [5.74, 6) is 1.22. The SMILES string of the molecule is CCOc1ccc(N2C(=O)[C@@H]3[C@@H](N=NN3Cc3nc(-c4ccc(OC(C)C)cc4)no3)C2=O)cc1. The van der Waals surface area contributed by atoms with E-state index in [1.807, 2.05) is 45.0 Å². The summed E-state index contributed by atoms with van der Waals surface area (Å²) in [5.41, 5.74) is 1.21. The Morgan fingerprint density at radius 3 is 2.40 bits per heavy atom. The standard InChI is InChI=1S/C24H24N6O5/c1-4-33-17-11-7-16(8-12-17)30-23(31)20-21(24(30)32)29(28-26-20)13-19-25-22(27-35-19)15-5-9-18(10-6-15)34-14(2)3/h5-12,14,20-21H,4,13H2,1-3H3/t20-,21+/m1/s1. The van der Waals surface area contributed by atoms with Crippen molar-refractivity contribution in [2.75, 3.05) is 11.5 Å². The fourth-order valence-corrected chi connectivity index (χ4v) is 4.00. The molecule has 0 radical (unpaired) electrons. The van der Waals surface area contributed by atoms with Gasteiger partial charge in [0.05, 0.1) is 18.4 Å². The number of carbonyl (C=O) groups excluding carboxylic acids is 2. The summed E-state index contributed by atoms with van der Waals surface area (Å²) in [7, 11) is 0. The summed E-state index contributed by atoms with van der Waals surface area (Å²) in [5, 5.41) is 13.5. The van der Waals surface area contributed by atoms with Crippen LogP contribution in [0.15, 0.2) is 63.4 Å². The smallest absolute Gasteiger partial charge is 0.263 e. The van der Waals surface area contributed by atoms with Crippen molar-refractivity contribution in [3.8, 4) is 22.9 Å². The van der Waals surface area contributed by atoms with Crippen molar-refractivity contribution >= 4 is 17.5 Å². The van der Waals surface area contributed by atoms with Gasteiger partial charge >= 0.3 is 0 Å². The minimum absolute atomic E-state index is 0.0440. The van der Waals surface area contributed by atoms with Crippen molar-refractivity contribution in [1.82, 2.24) is 15.1 Å². The maximum absolute atomic E-state index is 13.2. The van der Waals surface area contributed by atoms with E-state index in [2.05, 4.69) is 20.5 Å². The van der Waals surface area contributed by atoms with Crippen LogP contribution in [0.25, 0.3) is 11.4 Å². The molecule has 0 unspecified atom stereocenters. The van der Waals surface area contributed by atoms with Crippen LogP contribution in [0.5, 0.6) is 11.5 Å². The topological polar surface area (TPSA) is 123 Å². The van der Waals surface area contributed by atoms with Crippen molar-refractivity contribution in [3.63, 3.8) is 0 Å². The lowest BCUT2D eigenvalue weighted by Crippen LogP contribution is -2.39. The Kier molecular flexibility index (Phi) is 5.89. The van der Waals surface area contributed by atoms with E-state index in [4.69, 9.17) is 14.0 Å². The first-order chi connectivity index (χ1) is 16.9. The molecule has 35 heavy (non-hydrogen) atoms. The predicted molar refractivity (Wildman–Crippen MR) is 124 cm³/mol. The Bertz CT molecular complexity index is 1250. The zero-order valence-electron chi connectivity index (χ0n) is 19.5. The molecule has 1 aromatic heterocycles. The van der Waals surface area contributed by atoms with Crippen LogP contribution in [0, 0.1) is 0 Å². The predicted octanol–water partition coefficient (Wildman–Crippen LogP) is 3.42. The Hall–Kier alpha value is -4.28. The number of nitrogens with zero attached hydrogens (tertiary/aromatic N) is 6. The average molecular weight is 476 g/mol. The lowest BCUT2D eigenvalue weighted by molar-refractivity contribution is -0.123. The summed E-state index contributed by atoms with van der Waals surface area (Å²) in [4.78, 5) is 31.6. The monoisotopic (exact) mass is 476 g/mol. The molecule has 0 aliphatic carbocycles. The molecule has 2 aromatic carbocycles. The number of amides is 2. The molecule has 180 valence electrons. The zero-order valence-corrected chi connectivity index (χ0v) is 19.5. The lowest BCUT2D eigenvalue weighted by Gasteiger charge is -2.19. The van der Waals surface area contributed by atoms with Crippen LogP contribution in [-0.4, -0.2) is 51.8 Å². The third kappa shape index (κ3) is 4.32. The third-order valence-electron chi connectivity index (χ3n) is 5.51. The van der Waals surface area contributed by atoms with E-state index < -0.39 is 23.9 Å². The highest BCUT2D eigenvalue weighted by Crippen LogP contribution is 2.33. The van der Waals surface area contributed by atoms with Crippen LogP contribution in [-0.2, 0) is 16.1 Å². The first-order valence-corrected chi connectivity index (χ1v) is 11.3. The van der Waals surface area contributed by atoms with Gasteiger partial charge in [-0.1, -0.05) is 10.4 Å². The second kappa shape index (κ2) is 9.16. The second-order valence-corrected chi connectivity index (χ2v) is 8.33. The molecule has 2 aliphatic heterocycles. The first kappa shape index (κ1) is 22.5. The maximum atomic E-state index is 13.2. The summed E-state index contributed by atoms with van der Waals surface area (Å²) >= 11 is 0. The molecule has 0 N–H and O–H groups in total. The van der Waals surface area contributed by atoms with Crippen molar-refractivity contribution in [1.29, 1.82) is 0 Å². The number of hydrogen-bond acceptors (Lipinski definition) is 10. The molecular formula is C24H24N6O5. The van der Waals surface area contributed by atoms with Gasteiger partial charge in [-0.2, -0.15) is 10.1 Å². The van der Waals surface area contributed by atoms with Crippen LogP contribution in [0.1, 0.15) is 26.7 Å². The van der Waals surface area contributed by atoms with E-state index in [9.17, 15) is 9.59 Å². The van der Waals surface area contributed by atoms with Gasteiger partial charge in [-0.05, 0) is 69.3 Å². The molecule has 2 aliphatic rings. The molecule has 2 amide bonds. The molecule has 3 aromatic rings. The van der Waals surface area contributed by atoms with E-state index >= 15 is 0 Å². The Labute approximate surface area is 201 Å². The van der Waals surface area contributed by atoms with Crippen LogP contribution >= 0.6 is 0 Å². The van der Waals surface area contributed by atoms with Gasteiger partial charge in [-0.15, -0.1) is 0 Å². The summed E-state index contributed by atoms with van der Waals surface area (Å²) in [6, 6.07) is 12.4. The lowest BCUT2D eigenvalue weighted by atomic mass is 10.1. The van der Waals surface area contributed by atoms with E-state index in [0.717, 1.165) is 16.2 Å². The van der Waals surface area contributed by atoms with Gasteiger partial charge in [0.1, 0.15) is 18.0 Å². The molecule has 0 saturated carbocycles. The molecular weight excluding hydrogens is 452 g/mol. The highest BCUT2D eigenvalue weighted by molar-refractivity contribution is 6.25. The minimum Gasteiger partial charge on any atom is -0.494 e. The normalized spacial score (nSPS) is 19.1.